The van der Waals surface area contributed by atoms with Gasteiger partial charge in [0.15, 0.2) is 0 Å². The number of anilines is 1. The van der Waals surface area contributed by atoms with Crippen LogP contribution in [0.15, 0.2) is 40.0 Å². The van der Waals surface area contributed by atoms with E-state index in [1.807, 2.05) is 13.8 Å². The number of hydrogen-bond acceptors (Lipinski definition) is 4. The van der Waals surface area contributed by atoms with E-state index in [1.165, 1.54) is 16.6 Å². The number of aryl methyl sites for hydroxylation is 1. The third kappa shape index (κ3) is 4.31. The Morgan fingerprint density at radius 1 is 1.15 bits per heavy atom. The lowest BCUT2D eigenvalue weighted by atomic mass is 10.1. The topological polar surface area (TPSA) is 79.4 Å². The van der Waals surface area contributed by atoms with E-state index in [1.54, 1.807) is 32.2 Å². The summed E-state index contributed by atoms with van der Waals surface area (Å²) in [6, 6.07) is 4.81. The average molecular weight is 440 g/mol. The number of nitrogens with zero attached hydrogens (tertiary/aromatic N) is 2. The van der Waals surface area contributed by atoms with Crippen molar-refractivity contribution in [2.75, 3.05) is 18.4 Å². The van der Waals surface area contributed by atoms with Crippen LogP contribution in [0.1, 0.15) is 35.3 Å². The standard InChI is InChI=1S/C18H22BrN3O3S/c1-5-22(6-2)26(24,25)16-7-12(3)13(4)17(9-16)21-18(23)14-8-15(19)11-20-10-14/h7-11H,5-6H2,1-4H3,(H,21,23). The highest BCUT2D eigenvalue weighted by molar-refractivity contribution is 9.10. The molecule has 2 aromatic rings. The molecule has 0 unspecified atom stereocenters. The van der Waals surface area contributed by atoms with Crippen molar-refractivity contribution in [3.05, 3.63) is 51.8 Å². The lowest BCUT2D eigenvalue weighted by Gasteiger charge is -2.20. The molecule has 6 nitrogen and oxygen atoms in total. The molecule has 1 N–H and O–H groups in total. The second kappa shape index (κ2) is 8.28. The number of pyridine rings is 1. The number of rotatable bonds is 6. The minimum Gasteiger partial charge on any atom is -0.322 e. The predicted molar refractivity (Wildman–Crippen MR) is 106 cm³/mol. The first-order chi connectivity index (χ1) is 12.2. The summed E-state index contributed by atoms with van der Waals surface area (Å²) in [5.74, 6) is -0.348. The van der Waals surface area contributed by atoms with Gasteiger partial charge in [-0.1, -0.05) is 13.8 Å². The van der Waals surface area contributed by atoms with Crippen molar-refractivity contribution in [2.24, 2.45) is 0 Å². The molecule has 8 heteroatoms. The number of hydrogen-bond donors (Lipinski definition) is 1. The number of nitrogens with one attached hydrogen (secondary N) is 1. The Balaban J connectivity index is 2.44. The fraction of sp³-hybridized carbons (Fsp3) is 0.333. The van der Waals surface area contributed by atoms with Crippen LogP contribution < -0.4 is 5.32 Å². The Labute approximate surface area is 162 Å². The van der Waals surface area contributed by atoms with Crippen molar-refractivity contribution in [2.45, 2.75) is 32.6 Å². The highest BCUT2D eigenvalue weighted by Crippen LogP contribution is 2.26. The second-order valence-corrected chi connectivity index (χ2v) is 8.70. The number of aromatic nitrogens is 1. The number of carbonyl (C=O) groups excluding carboxylic acids is 1. The maximum atomic E-state index is 12.8. The van der Waals surface area contributed by atoms with E-state index in [4.69, 9.17) is 0 Å². The summed E-state index contributed by atoms with van der Waals surface area (Å²) in [7, 11) is -3.61. The molecule has 0 aliphatic carbocycles. The SMILES string of the molecule is CCN(CC)S(=O)(=O)c1cc(C)c(C)c(NC(=O)c2cncc(Br)c2)c1. The molecule has 0 aliphatic heterocycles. The third-order valence-corrected chi connectivity index (χ3v) is 6.66. The van der Waals surface area contributed by atoms with E-state index in [2.05, 4.69) is 26.2 Å². The van der Waals surface area contributed by atoms with E-state index in [0.29, 0.717) is 28.8 Å². The predicted octanol–water partition coefficient (Wildman–Crippen LogP) is 3.74. The fourth-order valence-electron chi connectivity index (χ4n) is 2.55. The minimum absolute atomic E-state index is 0.173. The summed E-state index contributed by atoms with van der Waals surface area (Å²) >= 11 is 3.28. The van der Waals surface area contributed by atoms with Crippen LogP contribution in [0.4, 0.5) is 5.69 Å². The highest BCUT2D eigenvalue weighted by Gasteiger charge is 2.23. The molecule has 26 heavy (non-hydrogen) atoms. The molecule has 1 amide bonds. The molecular weight excluding hydrogens is 418 g/mol. The van der Waals surface area contributed by atoms with Crippen molar-refractivity contribution in [1.82, 2.24) is 9.29 Å². The Hall–Kier alpha value is -1.77. The summed E-state index contributed by atoms with van der Waals surface area (Å²) in [5, 5.41) is 2.80. The number of amides is 1. The molecule has 1 aromatic carbocycles. The van der Waals surface area contributed by atoms with Crippen LogP contribution in [-0.4, -0.2) is 36.7 Å². The Kier molecular flexibility index (Phi) is 6.54. The zero-order valence-corrected chi connectivity index (χ0v) is 17.6. The smallest absolute Gasteiger partial charge is 0.257 e. The van der Waals surface area contributed by atoms with Crippen molar-refractivity contribution in [3.63, 3.8) is 0 Å². The highest BCUT2D eigenvalue weighted by atomic mass is 79.9. The van der Waals surface area contributed by atoms with Crippen LogP contribution >= 0.6 is 15.9 Å². The zero-order valence-electron chi connectivity index (χ0n) is 15.2. The number of carbonyl (C=O) groups is 1. The zero-order chi connectivity index (χ0) is 19.5. The molecule has 0 fully saturated rings. The van der Waals surface area contributed by atoms with Gasteiger partial charge in [0.25, 0.3) is 5.91 Å². The molecule has 0 radical (unpaired) electrons. The van der Waals surface area contributed by atoms with Gasteiger partial charge < -0.3 is 5.32 Å². The molecule has 0 atom stereocenters. The lowest BCUT2D eigenvalue weighted by Crippen LogP contribution is -2.30. The largest absolute Gasteiger partial charge is 0.322 e. The molecule has 140 valence electrons. The molecule has 0 spiro atoms. The number of benzene rings is 1. The molecule has 2 rings (SSSR count). The van der Waals surface area contributed by atoms with Crippen molar-refractivity contribution in [3.8, 4) is 0 Å². The number of sulfonamides is 1. The number of halogens is 1. The van der Waals surface area contributed by atoms with Crippen molar-refractivity contribution >= 4 is 37.5 Å². The van der Waals surface area contributed by atoms with E-state index < -0.39 is 10.0 Å². The summed E-state index contributed by atoms with van der Waals surface area (Å²) < 4.78 is 27.7. The van der Waals surface area contributed by atoms with Crippen LogP contribution in [0.3, 0.4) is 0 Å². The van der Waals surface area contributed by atoms with Crippen LogP contribution in [-0.2, 0) is 10.0 Å². The van der Waals surface area contributed by atoms with Gasteiger partial charge in [-0.15, -0.1) is 0 Å². The quantitative estimate of drug-likeness (QED) is 0.742. The molecule has 0 bridgehead atoms. The van der Waals surface area contributed by atoms with Crippen molar-refractivity contribution in [1.29, 1.82) is 0 Å². The summed E-state index contributed by atoms with van der Waals surface area (Å²) in [5.41, 5.74) is 2.47. The Morgan fingerprint density at radius 2 is 1.81 bits per heavy atom. The molecule has 1 heterocycles. The molecule has 0 saturated carbocycles. The summed E-state index contributed by atoms with van der Waals surface area (Å²) in [6.45, 7) is 8.04. The first kappa shape index (κ1) is 20.5. The fourth-order valence-corrected chi connectivity index (χ4v) is 4.48. The van der Waals surface area contributed by atoms with E-state index in [-0.39, 0.29) is 10.8 Å². The third-order valence-electron chi connectivity index (χ3n) is 4.20. The second-order valence-electron chi connectivity index (χ2n) is 5.85. The molecular formula is C18H22BrN3O3S. The molecule has 0 saturated heterocycles. The molecule has 1 aromatic heterocycles. The maximum Gasteiger partial charge on any atom is 0.257 e. The average Bonchev–Trinajstić information content (AvgIpc) is 2.59. The Bertz CT molecular complexity index is 925. The molecule has 0 aliphatic rings. The lowest BCUT2D eigenvalue weighted by molar-refractivity contribution is 0.102. The first-order valence-electron chi connectivity index (χ1n) is 8.24. The van der Waals surface area contributed by atoms with Gasteiger partial charge in [-0.3, -0.25) is 9.78 Å². The van der Waals surface area contributed by atoms with Crippen LogP contribution in [0.5, 0.6) is 0 Å². The first-order valence-corrected chi connectivity index (χ1v) is 10.5. The Morgan fingerprint density at radius 3 is 2.38 bits per heavy atom. The van der Waals surface area contributed by atoms with Crippen LogP contribution in [0.2, 0.25) is 0 Å². The van der Waals surface area contributed by atoms with Gasteiger partial charge in [-0.2, -0.15) is 4.31 Å². The normalized spacial score (nSPS) is 11.6. The van der Waals surface area contributed by atoms with E-state index in [9.17, 15) is 13.2 Å². The van der Waals surface area contributed by atoms with Crippen LogP contribution in [0.25, 0.3) is 0 Å². The summed E-state index contributed by atoms with van der Waals surface area (Å²) in [6.07, 6.45) is 3.04. The summed E-state index contributed by atoms with van der Waals surface area (Å²) in [4.78, 5) is 16.7. The van der Waals surface area contributed by atoms with Gasteiger partial charge in [-0.25, -0.2) is 8.42 Å². The van der Waals surface area contributed by atoms with Crippen molar-refractivity contribution < 1.29 is 13.2 Å². The minimum atomic E-state index is -3.61. The van der Waals surface area contributed by atoms with E-state index in [0.717, 1.165) is 11.1 Å². The van der Waals surface area contributed by atoms with Gasteiger partial charge in [0.1, 0.15) is 0 Å². The maximum absolute atomic E-state index is 12.8. The van der Waals surface area contributed by atoms with Gasteiger partial charge in [0, 0.05) is 35.6 Å². The van der Waals surface area contributed by atoms with Gasteiger partial charge in [0.2, 0.25) is 10.0 Å². The van der Waals surface area contributed by atoms with Gasteiger partial charge in [-0.05, 0) is 59.1 Å². The van der Waals surface area contributed by atoms with Gasteiger partial charge in [0.05, 0.1) is 10.5 Å². The van der Waals surface area contributed by atoms with E-state index >= 15 is 0 Å². The monoisotopic (exact) mass is 439 g/mol. The van der Waals surface area contributed by atoms with Gasteiger partial charge >= 0.3 is 0 Å². The van der Waals surface area contributed by atoms with Crippen LogP contribution in [0, 0.1) is 13.8 Å².